The number of nitrogens with two attached hydrogens (primary N) is 1. The summed E-state index contributed by atoms with van der Waals surface area (Å²) in [5.41, 5.74) is 7.47. The van der Waals surface area contributed by atoms with Gasteiger partial charge in [0.1, 0.15) is 59.9 Å². The van der Waals surface area contributed by atoms with E-state index in [1.54, 1.807) is 19.9 Å². The molecule has 0 radical (unpaired) electrons. The summed E-state index contributed by atoms with van der Waals surface area (Å²) in [4.78, 5) is 114. The van der Waals surface area contributed by atoms with Crippen molar-refractivity contribution in [3.05, 3.63) is 58.2 Å². The van der Waals surface area contributed by atoms with E-state index in [1.165, 1.54) is 21.0 Å². The molecule has 29 nitrogen and oxygen atoms in total. The number of nitrogens with zero attached hydrogens (tertiary/aromatic N) is 4. The maximum absolute atomic E-state index is 12.8. The van der Waals surface area contributed by atoms with E-state index in [9.17, 15) is 72.6 Å². The summed E-state index contributed by atoms with van der Waals surface area (Å²) in [6.45, 7) is 5.48. The predicted molar refractivity (Wildman–Crippen MR) is 266 cm³/mol. The fraction of sp³-hybridized carbons (Fsp3) is 0.535. The SMILES string of the molecule is COc1c(C)c2c(c(O)c1C/C=C(\C)CC/C=C(\C)C(=O)CC(=O)SCCNC(=O)CCNC(=O)[C@H](O)C(C)(C)COP(=O)(O)OP(=O)(O)OC[C@H]1O[C@@H](n3cnc4c(N)ncnc43)[C@H](O)[C@@H]1OP(=O)(O)O)C(=O)OC2. The van der Waals surface area contributed by atoms with Gasteiger partial charge in [-0.05, 0) is 51.2 Å². The lowest BCUT2D eigenvalue weighted by Crippen LogP contribution is -2.46. The largest absolute Gasteiger partial charge is 0.507 e. The number of ketones is 1. The Balaban J connectivity index is 0.974. The van der Waals surface area contributed by atoms with Gasteiger partial charge in [0.15, 0.2) is 28.6 Å². The molecule has 0 spiro atoms. The van der Waals surface area contributed by atoms with Crippen LogP contribution in [0.2, 0.25) is 0 Å². The number of rotatable bonds is 28. The lowest BCUT2D eigenvalue weighted by atomic mass is 9.87. The van der Waals surface area contributed by atoms with E-state index in [-0.39, 0.29) is 72.4 Å². The number of esters is 1. The molecule has 3 aromatic rings. The Labute approximate surface area is 438 Å². The molecular formula is C43H60N7O22P3S. The van der Waals surface area contributed by atoms with Crippen molar-refractivity contribution in [2.75, 3.05) is 44.9 Å². The van der Waals surface area contributed by atoms with Crippen LogP contribution < -0.4 is 21.1 Å². The molecule has 420 valence electrons. The summed E-state index contributed by atoms with van der Waals surface area (Å²) in [5, 5.41) is 36.9. The van der Waals surface area contributed by atoms with E-state index in [1.807, 2.05) is 13.0 Å². The first-order valence-corrected chi connectivity index (χ1v) is 28.4. The van der Waals surface area contributed by atoms with Gasteiger partial charge in [-0.15, -0.1) is 0 Å². The number of aliphatic hydroxyl groups is 2. The number of anilines is 1. The minimum Gasteiger partial charge on any atom is -0.507 e. The minimum atomic E-state index is -5.62. The number of phosphoric ester groups is 3. The van der Waals surface area contributed by atoms with E-state index < -0.39 is 95.6 Å². The molecule has 11 N–H and O–H groups in total. The number of phenols is 1. The number of benzene rings is 1. The smallest absolute Gasteiger partial charge is 0.481 e. The second-order valence-corrected chi connectivity index (χ2v) is 23.4. The number of carbonyl (C=O) groups excluding carboxylic acids is 5. The Morgan fingerprint density at radius 2 is 1.72 bits per heavy atom. The van der Waals surface area contributed by atoms with Crippen LogP contribution in [0, 0.1) is 12.3 Å². The molecule has 2 aromatic heterocycles. The van der Waals surface area contributed by atoms with Gasteiger partial charge in [0, 0.05) is 41.8 Å². The number of phenolic OH excluding ortho intramolecular Hbond substituents is 1. The van der Waals surface area contributed by atoms with E-state index in [4.69, 9.17) is 29.0 Å². The molecule has 0 bridgehead atoms. The summed E-state index contributed by atoms with van der Waals surface area (Å²) in [5.74, 6) is -2.14. The second-order valence-electron chi connectivity index (χ2n) is 18.0. The first-order chi connectivity index (χ1) is 35.5. The average molecular weight is 1150 g/mol. The van der Waals surface area contributed by atoms with Gasteiger partial charge in [-0.3, -0.25) is 37.3 Å². The number of cyclic esters (lactones) is 1. The van der Waals surface area contributed by atoms with Gasteiger partial charge >= 0.3 is 29.4 Å². The number of hydrogen-bond acceptors (Lipinski definition) is 23. The molecule has 7 atom stereocenters. The summed E-state index contributed by atoms with van der Waals surface area (Å²) in [6.07, 6.45) is -2.58. The number of ether oxygens (including phenoxy) is 3. The van der Waals surface area contributed by atoms with Gasteiger partial charge in [-0.2, -0.15) is 4.31 Å². The highest BCUT2D eigenvalue weighted by Crippen LogP contribution is 2.61. The molecule has 2 aliphatic rings. The topological polar surface area (TPSA) is 436 Å². The first kappa shape index (κ1) is 61.8. The Bertz CT molecular complexity index is 2890. The van der Waals surface area contributed by atoms with E-state index in [0.29, 0.717) is 41.7 Å². The van der Waals surface area contributed by atoms with Crippen molar-refractivity contribution in [3.63, 3.8) is 0 Å². The quantitative estimate of drug-likeness (QED) is 0.0124. The molecule has 2 aliphatic heterocycles. The average Bonchev–Trinajstić information content (AvgIpc) is 4.03. The standard InChI is InChI=1S/C43H60N7O22P3S/c1-22(10-11-25-33(54)31-26(17-67-42(31)58)24(3)35(25)66-6)8-7-9-23(2)27(51)16-30(53)76-15-14-45-29(52)12-13-46-40(57)37(56)43(4,5)19-69-75(64,65)72-74(62,63)68-18-28-36(71-73(59,60)61)34(55)41(70-28)50-21-49-32-38(44)47-20-48-39(32)50/h9-10,20-21,28,34,36-37,41,54-56H,7-8,11-19H2,1-6H3,(H,45,52)(H,46,57)(H,62,63)(H,64,65)(H2,44,47,48)(H2,59,60,61)/b22-10+,23-9+/t28-,34-,36-,37+,41-/m1/s1. The number of nitrogen functional groups attached to an aromatic ring is 1. The maximum Gasteiger partial charge on any atom is 0.481 e. The predicted octanol–water partition coefficient (Wildman–Crippen LogP) is 2.23. The maximum atomic E-state index is 12.8. The zero-order valence-electron chi connectivity index (χ0n) is 41.8. The third-order valence-corrected chi connectivity index (χ3v) is 15.8. The van der Waals surface area contributed by atoms with Gasteiger partial charge in [-0.25, -0.2) is 33.4 Å². The monoisotopic (exact) mass is 1150 g/mol. The molecular weight excluding hydrogens is 1090 g/mol. The third-order valence-electron chi connectivity index (χ3n) is 11.8. The van der Waals surface area contributed by atoms with Crippen LogP contribution in [-0.2, 0) is 73.3 Å². The Hall–Kier alpha value is -5.00. The highest BCUT2D eigenvalue weighted by molar-refractivity contribution is 8.13. The third kappa shape index (κ3) is 16.5. The van der Waals surface area contributed by atoms with Crippen molar-refractivity contribution in [2.45, 2.75) is 104 Å². The normalized spacial score (nSPS) is 20.1. The minimum absolute atomic E-state index is 0.0134. The van der Waals surface area contributed by atoms with Crippen molar-refractivity contribution in [3.8, 4) is 11.5 Å². The molecule has 1 saturated heterocycles. The Morgan fingerprint density at radius 3 is 2.41 bits per heavy atom. The van der Waals surface area contributed by atoms with Gasteiger partial charge in [0.05, 0.1) is 33.1 Å². The molecule has 2 unspecified atom stereocenters. The lowest BCUT2D eigenvalue weighted by molar-refractivity contribution is -0.137. The zero-order chi connectivity index (χ0) is 56.5. The van der Waals surface area contributed by atoms with Crippen molar-refractivity contribution in [1.82, 2.24) is 30.2 Å². The zero-order valence-corrected chi connectivity index (χ0v) is 45.3. The number of carbonyl (C=O) groups is 5. The highest BCUT2D eigenvalue weighted by Gasteiger charge is 2.50. The number of methoxy groups -OCH3 is 1. The van der Waals surface area contributed by atoms with Gasteiger partial charge in [-0.1, -0.05) is 43.3 Å². The van der Waals surface area contributed by atoms with Crippen molar-refractivity contribution < 1.29 is 105 Å². The number of aromatic nitrogens is 4. The fourth-order valence-electron chi connectivity index (χ4n) is 7.65. The van der Waals surface area contributed by atoms with Gasteiger partial charge in [0.25, 0.3) is 0 Å². The number of fused-ring (bicyclic) bond motifs is 2. The molecule has 2 amide bonds. The molecule has 0 aliphatic carbocycles. The number of phosphoric acid groups is 3. The molecule has 4 heterocycles. The summed E-state index contributed by atoms with van der Waals surface area (Å²) >= 11 is 0.845. The van der Waals surface area contributed by atoms with Crippen LogP contribution in [0.15, 0.2) is 36.0 Å². The Kier molecular flexibility index (Phi) is 21.2. The number of hydrogen-bond donors (Lipinski definition) is 10. The van der Waals surface area contributed by atoms with Crippen molar-refractivity contribution >= 4 is 80.9 Å². The van der Waals surface area contributed by atoms with Crippen molar-refractivity contribution in [1.29, 1.82) is 0 Å². The van der Waals surface area contributed by atoms with E-state index in [0.717, 1.165) is 40.1 Å². The number of amides is 2. The molecule has 0 saturated carbocycles. The van der Waals surface area contributed by atoms with Crippen LogP contribution in [0.4, 0.5) is 5.82 Å². The number of aromatic hydroxyl groups is 1. The first-order valence-electron chi connectivity index (χ1n) is 22.9. The van der Waals surface area contributed by atoms with E-state index >= 15 is 0 Å². The van der Waals surface area contributed by atoms with Crippen LogP contribution in [-0.4, -0.2) is 147 Å². The number of Topliss-reactive ketones (excluding diaryl/α,β-unsaturated/α-hetero) is 1. The number of imidazole rings is 1. The van der Waals surface area contributed by atoms with Gasteiger partial charge in [0.2, 0.25) is 11.8 Å². The van der Waals surface area contributed by atoms with Gasteiger partial charge < -0.3 is 65.5 Å². The Morgan fingerprint density at radius 1 is 1.03 bits per heavy atom. The van der Waals surface area contributed by atoms with Crippen LogP contribution in [0.5, 0.6) is 11.5 Å². The fourth-order valence-corrected chi connectivity index (χ4v) is 11.1. The van der Waals surface area contributed by atoms with Crippen LogP contribution in [0.25, 0.3) is 11.2 Å². The van der Waals surface area contributed by atoms with E-state index in [2.05, 4.69) is 34.4 Å². The molecule has 33 heteroatoms. The lowest BCUT2D eigenvalue weighted by Gasteiger charge is -2.30. The molecule has 76 heavy (non-hydrogen) atoms. The number of nitrogens with one attached hydrogen (secondary N) is 2. The number of allylic oxidation sites excluding steroid dienone is 4. The van der Waals surface area contributed by atoms with Crippen LogP contribution >= 0.6 is 35.2 Å². The van der Waals surface area contributed by atoms with Crippen molar-refractivity contribution in [2.24, 2.45) is 5.41 Å². The number of thioether (sulfide) groups is 1. The molecule has 1 fully saturated rings. The highest BCUT2D eigenvalue weighted by atomic mass is 32.2. The van der Waals surface area contributed by atoms with Crippen LogP contribution in [0.1, 0.15) is 86.7 Å². The number of aliphatic hydroxyl groups excluding tert-OH is 2. The molecule has 5 rings (SSSR count). The summed E-state index contributed by atoms with van der Waals surface area (Å²) < 4.78 is 73.1. The second kappa shape index (κ2) is 26.1. The summed E-state index contributed by atoms with van der Waals surface area (Å²) in [6, 6.07) is 0. The summed E-state index contributed by atoms with van der Waals surface area (Å²) in [7, 11) is -15.0. The van der Waals surface area contributed by atoms with Crippen LogP contribution in [0.3, 0.4) is 0 Å². The molecule has 1 aromatic carbocycles.